The highest BCUT2D eigenvalue weighted by atomic mass is 79.9. The van der Waals surface area contributed by atoms with Crippen LogP contribution in [0.15, 0.2) is 45.7 Å². The molecule has 0 radical (unpaired) electrons. The van der Waals surface area contributed by atoms with Gasteiger partial charge in [-0.1, -0.05) is 15.9 Å². The molecule has 1 heterocycles. The molecule has 0 aliphatic heterocycles. The summed E-state index contributed by atoms with van der Waals surface area (Å²) < 4.78 is 11.3. The minimum Gasteiger partial charge on any atom is -0.493 e. The van der Waals surface area contributed by atoms with Gasteiger partial charge in [-0.15, -0.1) is 0 Å². The van der Waals surface area contributed by atoms with E-state index in [1.165, 1.54) is 6.08 Å². The van der Waals surface area contributed by atoms with Gasteiger partial charge in [0, 0.05) is 10.0 Å². The van der Waals surface area contributed by atoms with Gasteiger partial charge in [-0.3, -0.25) is 4.79 Å². The Morgan fingerprint density at radius 3 is 2.44 bits per heavy atom. The van der Waals surface area contributed by atoms with Crippen LogP contribution in [0.25, 0.3) is 17.1 Å². The van der Waals surface area contributed by atoms with Crippen molar-refractivity contribution in [3.8, 4) is 11.5 Å². The number of methoxy groups -OCH3 is 2. The van der Waals surface area contributed by atoms with Gasteiger partial charge in [-0.05, 0) is 48.0 Å². The van der Waals surface area contributed by atoms with E-state index in [2.05, 4.69) is 25.9 Å². The van der Waals surface area contributed by atoms with Crippen LogP contribution in [0.1, 0.15) is 15.9 Å². The Bertz CT molecular complexity index is 1030. The summed E-state index contributed by atoms with van der Waals surface area (Å²) in [5.74, 6) is 0.995. The lowest BCUT2D eigenvalue weighted by molar-refractivity contribution is 0.104. The number of benzene rings is 2. The number of aromatic nitrogens is 2. The molecule has 25 heavy (non-hydrogen) atoms. The molecule has 128 valence electrons. The molecule has 0 unspecified atom stereocenters. The quantitative estimate of drug-likeness (QED) is 0.504. The van der Waals surface area contributed by atoms with Crippen molar-refractivity contribution in [2.24, 2.45) is 0 Å². The first-order chi connectivity index (χ1) is 12.0. The number of H-pyrrole nitrogens is 2. The first kappa shape index (κ1) is 17.0. The third kappa shape index (κ3) is 3.51. The van der Waals surface area contributed by atoms with Crippen LogP contribution in [0.5, 0.6) is 11.5 Å². The van der Waals surface area contributed by atoms with Crippen molar-refractivity contribution in [3.05, 3.63) is 62.5 Å². The number of hydrogen-bond donors (Lipinski definition) is 2. The van der Waals surface area contributed by atoms with Crippen LogP contribution < -0.4 is 15.2 Å². The summed E-state index contributed by atoms with van der Waals surface area (Å²) in [7, 11) is 3.11. The van der Waals surface area contributed by atoms with Gasteiger partial charge in [0.1, 0.15) is 0 Å². The molecular formula is C18H15BrN2O4. The summed E-state index contributed by atoms with van der Waals surface area (Å²) in [5, 5.41) is 0. The fourth-order valence-corrected chi connectivity index (χ4v) is 2.90. The van der Waals surface area contributed by atoms with Crippen LogP contribution in [-0.2, 0) is 0 Å². The molecule has 3 aromatic rings. The summed E-state index contributed by atoms with van der Waals surface area (Å²) in [6.45, 7) is 0. The number of aromatic amines is 2. The maximum absolute atomic E-state index is 12.4. The molecule has 0 saturated carbocycles. The van der Waals surface area contributed by atoms with E-state index in [0.717, 1.165) is 10.0 Å². The fourth-order valence-electron chi connectivity index (χ4n) is 2.45. The Labute approximate surface area is 151 Å². The third-order valence-electron chi connectivity index (χ3n) is 3.72. The number of carbonyl (C=O) groups is 1. The SMILES string of the molecule is COc1cc(Br)c(C=CC(=O)c2ccc3[nH]c(=O)[nH]c3c2)cc1OC. The molecule has 0 bridgehead atoms. The van der Waals surface area contributed by atoms with E-state index in [-0.39, 0.29) is 11.5 Å². The topological polar surface area (TPSA) is 84.2 Å². The summed E-state index contributed by atoms with van der Waals surface area (Å²) >= 11 is 3.45. The molecule has 0 amide bonds. The molecule has 2 aromatic carbocycles. The van der Waals surface area contributed by atoms with E-state index in [0.29, 0.717) is 28.1 Å². The maximum Gasteiger partial charge on any atom is 0.323 e. The van der Waals surface area contributed by atoms with E-state index in [4.69, 9.17) is 9.47 Å². The summed E-state index contributed by atoms with van der Waals surface area (Å²) in [5.41, 5.74) is 2.21. The van der Waals surface area contributed by atoms with Crippen LogP contribution >= 0.6 is 15.9 Å². The molecular weight excluding hydrogens is 388 g/mol. The number of fused-ring (bicyclic) bond motifs is 1. The second-order valence-electron chi connectivity index (χ2n) is 5.27. The number of rotatable bonds is 5. The minimum atomic E-state index is -0.301. The first-order valence-corrected chi connectivity index (χ1v) is 8.17. The van der Waals surface area contributed by atoms with Gasteiger partial charge in [0.15, 0.2) is 17.3 Å². The van der Waals surface area contributed by atoms with Crippen LogP contribution in [0.3, 0.4) is 0 Å². The summed E-state index contributed by atoms with van der Waals surface area (Å²) in [4.78, 5) is 29.0. The van der Waals surface area contributed by atoms with Crippen molar-refractivity contribution in [1.29, 1.82) is 0 Å². The number of nitrogens with one attached hydrogen (secondary N) is 2. The smallest absolute Gasteiger partial charge is 0.323 e. The van der Waals surface area contributed by atoms with Gasteiger partial charge in [-0.2, -0.15) is 0 Å². The maximum atomic E-state index is 12.4. The Morgan fingerprint density at radius 2 is 1.72 bits per heavy atom. The number of allylic oxidation sites excluding steroid dienone is 1. The van der Waals surface area contributed by atoms with Crippen LogP contribution in [0.4, 0.5) is 0 Å². The van der Waals surface area contributed by atoms with Gasteiger partial charge in [-0.25, -0.2) is 4.79 Å². The van der Waals surface area contributed by atoms with Crippen molar-refractivity contribution in [3.63, 3.8) is 0 Å². The second kappa shape index (κ2) is 6.98. The van der Waals surface area contributed by atoms with Crippen molar-refractivity contribution in [2.45, 2.75) is 0 Å². The molecule has 7 heteroatoms. The average Bonchev–Trinajstić information content (AvgIpc) is 2.99. The van der Waals surface area contributed by atoms with Gasteiger partial charge in [0.2, 0.25) is 0 Å². The normalized spacial score (nSPS) is 11.2. The Morgan fingerprint density at radius 1 is 1.04 bits per heavy atom. The highest BCUT2D eigenvalue weighted by Gasteiger charge is 2.09. The molecule has 0 spiro atoms. The molecule has 0 atom stereocenters. The lowest BCUT2D eigenvalue weighted by Crippen LogP contribution is -1.99. The summed E-state index contributed by atoms with van der Waals surface area (Å²) in [6, 6.07) is 8.56. The van der Waals surface area contributed by atoms with Crippen molar-refractivity contribution in [1.82, 2.24) is 9.97 Å². The van der Waals surface area contributed by atoms with Crippen LogP contribution in [-0.4, -0.2) is 30.0 Å². The first-order valence-electron chi connectivity index (χ1n) is 7.38. The zero-order chi connectivity index (χ0) is 18.0. The lowest BCUT2D eigenvalue weighted by atomic mass is 10.1. The van der Waals surface area contributed by atoms with E-state index in [1.807, 2.05) is 0 Å². The fraction of sp³-hybridized carbons (Fsp3) is 0.111. The second-order valence-corrected chi connectivity index (χ2v) is 6.12. The standard InChI is InChI=1S/C18H15BrN2O4/c1-24-16-8-10(12(19)9-17(16)25-2)4-6-15(22)11-3-5-13-14(7-11)21-18(23)20-13/h3-9H,1-2H3,(H2,20,21,23). The highest BCUT2D eigenvalue weighted by molar-refractivity contribution is 9.10. The highest BCUT2D eigenvalue weighted by Crippen LogP contribution is 2.33. The Balaban J connectivity index is 1.89. The van der Waals surface area contributed by atoms with E-state index in [9.17, 15) is 9.59 Å². The van der Waals surface area contributed by atoms with Crippen molar-refractivity contribution in [2.75, 3.05) is 14.2 Å². The molecule has 3 rings (SSSR count). The number of carbonyl (C=O) groups excluding carboxylic acids is 1. The van der Waals surface area contributed by atoms with E-state index >= 15 is 0 Å². The molecule has 6 nitrogen and oxygen atoms in total. The van der Waals surface area contributed by atoms with E-state index in [1.54, 1.807) is 50.6 Å². The summed E-state index contributed by atoms with van der Waals surface area (Å²) in [6.07, 6.45) is 3.16. The van der Waals surface area contributed by atoms with Gasteiger partial charge < -0.3 is 19.4 Å². The van der Waals surface area contributed by atoms with Crippen molar-refractivity contribution >= 4 is 38.8 Å². The molecule has 2 N–H and O–H groups in total. The van der Waals surface area contributed by atoms with Crippen LogP contribution in [0, 0.1) is 0 Å². The molecule has 0 aliphatic carbocycles. The predicted octanol–water partition coefficient (Wildman–Crippen LogP) is 3.53. The number of halogens is 1. The number of ether oxygens (including phenoxy) is 2. The number of hydrogen-bond acceptors (Lipinski definition) is 4. The molecule has 1 aromatic heterocycles. The largest absolute Gasteiger partial charge is 0.493 e. The Hall–Kier alpha value is -2.80. The lowest BCUT2D eigenvalue weighted by Gasteiger charge is -2.09. The number of ketones is 1. The van der Waals surface area contributed by atoms with Gasteiger partial charge >= 0.3 is 5.69 Å². The van der Waals surface area contributed by atoms with Gasteiger partial charge in [0.05, 0.1) is 25.3 Å². The molecule has 0 aliphatic rings. The third-order valence-corrected chi connectivity index (χ3v) is 4.40. The van der Waals surface area contributed by atoms with Gasteiger partial charge in [0.25, 0.3) is 0 Å². The predicted molar refractivity (Wildman–Crippen MR) is 99.5 cm³/mol. The monoisotopic (exact) mass is 402 g/mol. The van der Waals surface area contributed by atoms with Crippen molar-refractivity contribution < 1.29 is 14.3 Å². The Kier molecular flexibility index (Phi) is 4.76. The average molecular weight is 403 g/mol. The van der Waals surface area contributed by atoms with Crippen LogP contribution in [0.2, 0.25) is 0 Å². The van der Waals surface area contributed by atoms with E-state index < -0.39 is 0 Å². The zero-order valence-electron chi connectivity index (χ0n) is 13.6. The number of imidazole rings is 1. The molecule has 0 saturated heterocycles. The zero-order valence-corrected chi connectivity index (χ0v) is 15.1. The molecule has 0 fully saturated rings. The minimum absolute atomic E-state index is 0.175.